The minimum atomic E-state index is -4.17. The molecule has 0 unspecified atom stereocenters. The van der Waals surface area contributed by atoms with Crippen molar-refractivity contribution in [3.63, 3.8) is 0 Å². The lowest BCUT2D eigenvalue weighted by Gasteiger charge is -2.38. The highest BCUT2D eigenvalue weighted by Crippen LogP contribution is 2.35. The topological polar surface area (TPSA) is 153 Å². The summed E-state index contributed by atoms with van der Waals surface area (Å²) in [6, 6.07) is 20.6. The Kier molecular flexibility index (Phi) is 6.84. The molecule has 0 radical (unpaired) electrons. The fraction of sp³-hybridized carbons (Fsp3) is 0.160. The number of hydrogen-bond acceptors (Lipinski definition) is 7. The third-order valence-corrected chi connectivity index (χ3v) is 10.0. The van der Waals surface area contributed by atoms with Gasteiger partial charge in [-0.15, -0.1) is 10.2 Å². The molecule has 1 amide bonds. The molecule has 0 spiro atoms. The van der Waals surface area contributed by atoms with E-state index in [1.807, 2.05) is 0 Å². The van der Waals surface area contributed by atoms with Crippen molar-refractivity contribution in [3.05, 3.63) is 84.9 Å². The number of para-hydroxylation sites is 1. The van der Waals surface area contributed by atoms with Gasteiger partial charge in [-0.05, 0) is 30.3 Å². The van der Waals surface area contributed by atoms with Gasteiger partial charge < -0.3 is 10.1 Å². The van der Waals surface area contributed by atoms with Crippen LogP contribution in [0.4, 0.5) is 5.69 Å². The van der Waals surface area contributed by atoms with Crippen LogP contribution < -0.4 is 0 Å². The van der Waals surface area contributed by atoms with Gasteiger partial charge in [0.2, 0.25) is 25.9 Å². The number of hydrogen-bond donors (Lipinski definition) is 2. The van der Waals surface area contributed by atoms with Crippen molar-refractivity contribution >= 4 is 42.5 Å². The first-order chi connectivity index (χ1) is 18.2. The highest BCUT2D eigenvalue weighted by atomic mass is 32.2. The summed E-state index contributed by atoms with van der Waals surface area (Å²) < 4.78 is 55.5. The SMILES string of the molecule is O=C(N=Nc1c(O)[nH]c2ccccc12)[C@H]1CN(S(=O)(=O)c2ccccc2)CCN1S(=O)(=O)c1ccccc1. The van der Waals surface area contributed by atoms with E-state index in [1.165, 1.54) is 24.3 Å². The number of aromatic amines is 1. The molecule has 2 heterocycles. The van der Waals surface area contributed by atoms with Crippen LogP contribution in [0.2, 0.25) is 0 Å². The van der Waals surface area contributed by atoms with Gasteiger partial charge >= 0.3 is 0 Å². The lowest BCUT2D eigenvalue weighted by atomic mass is 10.2. The molecule has 1 saturated heterocycles. The van der Waals surface area contributed by atoms with Gasteiger partial charge in [-0.1, -0.05) is 54.6 Å². The summed E-state index contributed by atoms with van der Waals surface area (Å²) >= 11 is 0. The van der Waals surface area contributed by atoms with Crippen LogP contribution in [-0.4, -0.2) is 67.1 Å². The third kappa shape index (κ3) is 4.72. The van der Waals surface area contributed by atoms with E-state index in [-0.39, 0.29) is 34.4 Å². The fourth-order valence-electron chi connectivity index (χ4n) is 4.30. The highest BCUT2D eigenvalue weighted by molar-refractivity contribution is 7.89. The van der Waals surface area contributed by atoms with E-state index in [1.54, 1.807) is 60.7 Å². The number of aromatic nitrogens is 1. The summed E-state index contributed by atoms with van der Waals surface area (Å²) in [7, 11) is -8.18. The maximum Gasteiger partial charge on any atom is 0.284 e. The molecule has 2 N–H and O–H groups in total. The van der Waals surface area contributed by atoms with Crippen LogP contribution in [0.25, 0.3) is 10.9 Å². The average molecular weight is 554 g/mol. The summed E-state index contributed by atoms with van der Waals surface area (Å²) in [5.41, 5.74) is 0.577. The Balaban J connectivity index is 1.51. The number of piperazine rings is 1. The number of amides is 1. The minimum Gasteiger partial charge on any atom is -0.493 e. The van der Waals surface area contributed by atoms with Crippen molar-refractivity contribution in [2.24, 2.45) is 10.2 Å². The monoisotopic (exact) mass is 553 g/mol. The molecule has 11 nitrogen and oxygen atoms in total. The molecule has 1 aliphatic heterocycles. The van der Waals surface area contributed by atoms with Crippen LogP contribution in [0.5, 0.6) is 5.88 Å². The number of fused-ring (bicyclic) bond motifs is 1. The number of carbonyl (C=O) groups is 1. The summed E-state index contributed by atoms with van der Waals surface area (Å²) in [4.78, 5) is 16.1. The molecule has 1 atom stereocenters. The number of H-pyrrole nitrogens is 1. The van der Waals surface area contributed by atoms with E-state index in [2.05, 4.69) is 15.2 Å². The zero-order valence-electron chi connectivity index (χ0n) is 19.9. The van der Waals surface area contributed by atoms with Crippen molar-refractivity contribution in [1.82, 2.24) is 13.6 Å². The van der Waals surface area contributed by atoms with Gasteiger partial charge in [0.1, 0.15) is 6.04 Å². The number of sulfonamides is 2. The number of aromatic hydroxyl groups is 1. The van der Waals surface area contributed by atoms with E-state index in [9.17, 15) is 26.7 Å². The van der Waals surface area contributed by atoms with Gasteiger partial charge in [0.15, 0.2) is 5.69 Å². The molecule has 1 aromatic heterocycles. The zero-order chi connectivity index (χ0) is 26.9. The number of benzene rings is 3. The number of nitrogens with zero attached hydrogens (tertiary/aromatic N) is 4. The molecule has 3 aromatic carbocycles. The predicted molar refractivity (Wildman–Crippen MR) is 139 cm³/mol. The number of nitrogens with one attached hydrogen (secondary N) is 1. The smallest absolute Gasteiger partial charge is 0.284 e. The van der Waals surface area contributed by atoms with Crippen molar-refractivity contribution in [3.8, 4) is 5.88 Å². The summed E-state index contributed by atoms with van der Waals surface area (Å²) in [6.07, 6.45) is 0. The number of azo groups is 1. The standard InChI is InChI=1S/C25H23N5O6S2/c31-24(28-27-23-20-13-7-8-14-21(20)26-25(23)32)22-17-29(37(33,34)18-9-3-1-4-10-18)15-16-30(22)38(35,36)19-11-5-2-6-12-19/h1-14,22,26,32H,15-17H2/t22-/m1/s1. The maximum atomic E-state index is 13.5. The van der Waals surface area contributed by atoms with Crippen LogP contribution in [0, 0.1) is 0 Å². The van der Waals surface area contributed by atoms with E-state index in [0.717, 1.165) is 8.61 Å². The molecule has 1 fully saturated rings. The summed E-state index contributed by atoms with van der Waals surface area (Å²) in [6.45, 7) is -0.887. The molecule has 38 heavy (non-hydrogen) atoms. The lowest BCUT2D eigenvalue weighted by molar-refractivity contribution is -0.122. The van der Waals surface area contributed by atoms with E-state index >= 15 is 0 Å². The molecular formula is C25H23N5O6S2. The average Bonchev–Trinajstić information content (AvgIpc) is 3.27. The molecular weight excluding hydrogens is 530 g/mol. The molecule has 5 rings (SSSR count). The Labute approximate surface area is 219 Å². The second-order valence-corrected chi connectivity index (χ2v) is 12.4. The van der Waals surface area contributed by atoms with Crippen molar-refractivity contribution in [2.45, 2.75) is 15.8 Å². The number of rotatable bonds is 6. The Morgan fingerprint density at radius 1 is 0.816 bits per heavy atom. The van der Waals surface area contributed by atoms with Crippen LogP contribution in [0.3, 0.4) is 0 Å². The minimum absolute atomic E-state index is 0.0102. The Morgan fingerprint density at radius 3 is 2.05 bits per heavy atom. The first-order valence-electron chi connectivity index (χ1n) is 11.6. The Bertz CT molecular complexity index is 1720. The van der Waals surface area contributed by atoms with Crippen molar-refractivity contribution in [2.75, 3.05) is 19.6 Å². The predicted octanol–water partition coefficient (Wildman–Crippen LogP) is 3.25. The molecule has 1 aliphatic rings. The van der Waals surface area contributed by atoms with E-state index in [0.29, 0.717) is 10.9 Å². The molecule has 4 aromatic rings. The maximum absolute atomic E-state index is 13.5. The van der Waals surface area contributed by atoms with Crippen LogP contribution in [0.15, 0.2) is 105 Å². The molecule has 0 saturated carbocycles. The first-order valence-corrected chi connectivity index (χ1v) is 14.4. The summed E-state index contributed by atoms with van der Waals surface area (Å²) in [5, 5.41) is 18.4. The first kappa shape index (κ1) is 25.7. The Hall–Kier alpha value is -3.91. The summed E-state index contributed by atoms with van der Waals surface area (Å²) in [5.74, 6) is -1.28. The molecule has 0 bridgehead atoms. The van der Waals surface area contributed by atoms with Gasteiger partial charge in [-0.2, -0.15) is 8.61 Å². The van der Waals surface area contributed by atoms with Gasteiger partial charge in [-0.3, -0.25) is 4.79 Å². The molecule has 13 heteroatoms. The van der Waals surface area contributed by atoms with Gasteiger partial charge in [0.25, 0.3) is 5.91 Å². The Morgan fingerprint density at radius 2 is 1.39 bits per heavy atom. The van der Waals surface area contributed by atoms with Crippen LogP contribution in [-0.2, 0) is 24.8 Å². The number of carbonyl (C=O) groups excluding carboxylic acids is 1. The van der Waals surface area contributed by atoms with Crippen LogP contribution in [0.1, 0.15) is 0 Å². The quantitative estimate of drug-likeness (QED) is 0.350. The normalized spacial score (nSPS) is 17.7. The molecule has 0 aliphatic carbocycles. The zero-order valence-corrected chi connectivity index (χ0v) is 21.5. The van der Waals surface area contributed by atoms with Crippen LogP contribution >= 0.6 is 0 Å². The van der Waals surface area contributed by atoms with E-state index in [4.69, 9.17) is 0 Å². The van der Waals surface area contributed by atoms with Gasteiger partial charge in [0.05, 0.1) is 15.3 Å². The lowest BCUT2D eigenvalue weighted by Crippen LogP contribution is -2.58. The van der Waals surface area contributed by atoms with Gasteiger partial charge in [-0.25, -0.2) is 16.8 Å². The highest BCUT2D eigenvalue weighted by Gasteiger charge is 2.43. The van der Waals surface area contributed by atoms with E-state index < -0.39 is 38.5 Å². The molecule has 196 valence electrons. The largest absolute Gasteiger partial charge is 0.493 e. The third-order valence-electron chi connectivity index (χ3n) is 6.22. The fourth-order valence-corrected chi connectivity index (χ4v) is 7.34. The van der Waals surface area contributed by atoms with Gasteiger partial charge in [0, 0.05) is 25.0 Å². The second kappa shape index (κ2) is 10.1. The van der Waals surface area contributed by atoms with Crippen molar-refractivity contribution in [1.29, 1.82) is 0 Å². The second-order valence-electron chi connectivity index (χ2n) is 8.53. The van der Waals surface area contributed by atoms with Crippen molar-refractivity contribution < 1.29 is 26.7 Å².